The number of sulfonamides is 2. The number of carbonyl (C=O) groups excluding carboxylic acids is 1. The first-order chi connectivity index (χ1) is 14.6. The number of nitrogens with one attached hydrogen (secondary N) is 2. The highest BCUT2D eigenvalue weighted by molar-refractivity contribution is 7.89. The molecule has 1 aliphatic rings. The van der Waals surface area contributed by atoms with Gasteiger partial charge in [0.25, 0.3) is 5.91 Å². The zero-order valence-electron chi connectivity index (χ0n) is 17.5. The van der Waals surface area contributed by atoms with Crippen molar-refractivity contribution < 1.29 is 21.6 Å². The molecule has 11 heteroatoms. The Hall–Kier alpha value is -1.79. The van der Waals surface area contributed by atoms with Crippen LogP contribution in [0.15, 0.2) is 35.2 Å². The third kappa shape index (κ3) is 6.36. The normalized spacial score (nSPS) is 15.7. The maximum atomic E-state index is 12.9. The van der Waals surface area contributed by atoms with Crippen LogP contribution in [0.25, 0.3) is 0 Å². The van der Waals surface area contributed by atoms with Gasteiger partial charge < -0.3 is 5.32 Å². The van der Waals surface area contributed by atoms with Gasteiger partial charge in [0.1, 0.15) is 0 Å². The van der Waals surface area contributed by atoms with E-state index in [-0.39, 0.29) is 17.3 Å². The Balaban J connectivity index is 1.71. The predicted molar refractivity (Wildman–Crippen MR) is 123 cm³/mol. The minimum atomic E-state index is -3.59. The topological polar surface area (TPSA) is 113 Å². The van der Waals surface area contributed by atoms with Gasteiger partial charge in [0, 0.05) is 30.2 Å². The molecule has 0 bridgehead atoms. The quantitative estimate of drug-likeness (QED) is 0.597. The number of aryl methyl sites for hydroxylation is 1. The molecular formula is C20H27N3O5S3. The molecule has 8 nitrogen and oxygen atoms in total. The van der Waals surface area contributed by atoms with Crippen LogP contribution >= 0.6 is 11.3 Å². The number of anilines is 1. The molecular weight excluding hydrogens is 458 g/mol. The molecule has 1 aliphatic heterocycles. The second kappa shape index (κ2) is 9.78. The average molecular weight is 486 g/mol. The van der Waals surface area contributed by atoms with Crippen molar-refractivity contribution in [2.75, 3.05) is 31.2 Å². The number of benzene rings is 1. The maximum absolute atomic E-state index is 12.9. The Kier molecular flexibility index (Phi) is 7.53. The van der Waals surface area contributed by atoms with Crippen LogP contribution in [-0.4, -0.2) is 52.9 Å². The lowest BCUT2D eigenvalue weighted by molar-refractivity contribution is 0.103. The van der Waals surface area contributed by atoms with Crippen LogP contribution in [0.5, 0.6) is 0 Å². The zero-order chi connectivity index (χ0) is 22.6. The summed E-state index contributed by atoms with van der Waals surface area (Å²) in [6.07, 6.45) is 4.33. The average Bonchev–Trinajstić information content (AvgIpc) is 3.18. The SMILES string of the molecule is Cc1ccc(S(=O)(=O)N2CCCCC2)cc1NC(=O)c1ccc(CCNS(C)(=O)=O)s1. The molecule has 1 aromatic carbocycles. The first-order valence-electron chi connectivity index (χ1n) is 10.0. The molecule has 1 aromatic heterocycles. The summed E-state index contributed by atoms with van der Waals surface area (Å²) in [7, 11) is -6.84. The van der Waals surface area contributed by atoms with Gasteiger partial charge in [-0.25, -0.2) is 21.6 Å². The molecule has 0 unspecified atom stereocenters. The van der Waals surface area contributed by atoms with Crippen molar-refractivity contribution in [3.05, 3.63) is 45.6 Å². The lowest BCUT2D eigenvalue weighted by Gasteiger charge is -2.26. The Morgan fingerprint density at radius 2 is 1.77 bits per heavy atom. The molecule has 1 fully saturated rings. The second-order valence-electron chi connectivity index (χ2n) is 7.58. The first-order valence-corrected chi connectivity index (χ1v) is 14.2. The van der Waals surface area contributed by atoms with E-state index in [0.717, 1.165) is 36.0 Å². The number of hydrogen-bond acceptors (Lipinski definition) is 6. The molecule has 0 atom stereocenters. The van der Waals surface area contributed by atoms with Gasteiger partial charge in [-0.05, 0) is 56.0 Å². The van der Waals surface area contributed by atoms with Gasteiger partial charge in [0.2, 0.25) is 20.0 Å². The molecule has 1 saturated heterocycles. The molecule has 0 aliphatic carbocycles. The highest BCUT2D eigenvalue weighted by Gasteiger charge is 2.26. The Morgan fingerprint density at radius 1 is 1.06 bits per heavy atom. The zero-order valence-corrected chi connectivity index (χ0v) is 20.0. The molecule has 0 saturated carbocycles. The van der Waals surface area contributed by atoms with E-state index in [2.05, 4.69) is 10.0 Å². The Labute approximate surface area is 187 Å². The van der Waals surface area contributed by atoms with Gasteiger partial charge in [-0.3, -0.25) is 4.79 Å². The first kappa shape index (κ1) is 23.9. The number of nitrogens with zero attached hydrogens (tertiary/aromatic N) is 1. The summed E-state index contributed by atoms with van der Waals surface area (Å²) >= 11 is 1.28. The summed E-state index contributed by atoms with van der Waals surface area (Å²) in [4.78, 5) is 14.2. The van der Waals surface area contributed by atoms with Crippen molar-refractivity contribution in [2.24, 2.45) is 0 Å². The van der Waals surface area contributed by atoms with E-state index < -0.39 is 20.0 Å². The van der Waals surface area contributed by atoms with Gasteiger partial charge in [-0.1, -0.05) is 12.5 Å². The van der Waals surface area contributed by atoms with E-state index in [9.17, 15) is 21.6 Å². The summed E-state index contributed by atoms with van der Waals surface area (Å²) in [5.41, 5.74) is 1.22. The van der Waals surface area contributed by atoms with Crippen molar-refractivity contribution in [2.45, 2.75) is 37.5 Å². The fourth-order valence-electron chi connectivity index (χ4n) is 3.33. The van der Waals surface area contributed by atoms with Crippen molar-refractivity contribution >= 4 is 43.0 Å². The van der Waals surface area contributed by atoms with Crippen LogP contribution in [-0.2, 0) is 26.5 Å². The summed E-state index contributed by atoms with van der Waals surface area (Å²) in [6, 6.07) is 8.25. The number of amides is 1. The molecule has 2 N–H and O–H groups in total. The highest BCUT2D eigenvalue weighted by atomic mass is 32.2. The van der Waals surface area contributed by atoms with Gasteiger partial charge >= 0.3 is 0 Å². The van der Waals surface area contributed by atoms with Crippen LogP contribution in [0.3, 0.4) is 0 Å². The largest absolute Gasteiger partial charge is 0.321 e. The summed E-state index contributed by atoms with van der Waals surface area (Å²) in [6.45, 7) is 3.10. The smallest absolute Gasteiger partial charge is 0.265 e. The van der Waals surface area contributed by atoms with Gasteiger partial charge in [-0.2, -0.15) is 4.31 Å². The van der Waals surface area contributed by atoms with Crippen LogP contribution in [0.4, 0.5) is 5.69 Å². The fourth-order valence-corrected chi connectivity index (χ4v) is 6.25. The molecule has 1 amide bonds. The molecule has 2 heterocycles. The summed E-state index contributed by atoms with van der Waals surface area (Å²) in [5, 5.41) is 2.81. The number of carbonyl (C=O) groups is 1. The lowest BCUT2D eigenvalue weighted by atomic mass is 10.2. The van der Waals surface area contributed by atoms with Crippen molar-refractivity contribution in [3.8, 4) is 0 Å². The maximum Gasteiger partial charge on any atom is 0.265 e. The second-order valence-corrected chi connectivity index (χ2v) is 12.5. The van der Waals surface area contributed by atoms with E-state index in [0.29, 0.717) is 30.1 Å². The van der Waals surface area contributed by atoms with Crippen molar-refractivity contribution in [3.63, 3.8) is 0 Å². The minimum absolute atomic E-state index is 0.175. The van der Waals surface area contributed by atoms with Crippen LogP contribution in [0.1, 0.15) is 39.4 Å². The standard InChI is InChI=1S/C20H27N3O5S3/c1-15-6-8-17(31(27,28)23-12-4-3-5-13-23)14-18(15)22-20(24)19-9-7-16(29-19)10-11-21-30(2,25)26/h6-9,14,21H,3-5,10-13H2,1-2H3,(H,22,24). The van der Waals surface area contributed by atoms with E-state index in [4.69, 9.17) is 0 Å². The van der Waals surface area contributed by atoms with Crippen molar-refractivity contribution in [1.29, 1.82) is 0 Å². The number of piperidine rings is 1. The van der Waals surface area contributed by atoms with E-state index >= 15 is 0 Å². The fraction of sp³-hybridized carbons (Fsp3) is 0.450. The molecule has 170 valence electrons. The van der Waals surface area contributed by atoms with Gasteiger partial charge in [-0.15, -0.1) is 11.3 Å². The van der Waals surface area contributed by atoms with E-state index in [1.807, 2.05) is 6.92 Å². The third-order valence-electron chi connectivity index (χ3n) is 5.03. The Bertz CT molecular complexity index is 1150. The summed E-state index contributed by atoms with van der Waals surface area (Å²) in [5.74, 6) is -0.331. The van der Waals surface area contributed by atoms with Crippen molar-refractivity contribution in [1.82, 2.24) is 9.03 Å². The van der Waals surface area contributed by atoms with E-state index in [1.54, 1.807) is 24.3 Å². The molecule has 3 rings (SSSR count). The van der Waals surface area contributed by atoms with Crippen LogP contribution in [0, 0.1) is 6.92 Å². The van der Waals surface area contributed by atoms with Gasteiger partial charge in [0.05, 0.1) is 16.0 Å². The highest BCUT2D eigenvalue weighted by Crippen LogP contribution is 2.26. The monoisotopic (exact) mass is 485 g/mol. The predicted octanol–water partition coefficient (Wildman–Crippen LogP) is 2.58. The molecule has 0 radical (unpaired) electrons. The number of rotatable bonds is 8. The van der Waals surface area contributed by atoms with Gasteiger partial charge in [0.15, 0.2) is 0 Å². The number of thiophene rings is 1. The molecule has 2 aromatic rings. The summed E-state index contributed by atoms with van der Waals surface area (Å²) < 4.78 is 52.1. The third-order valence-corrected chi connectivity index (χ3v) is 8.80. The molecule has 31 heavy (non-hydrogen) atoms. The van der Waals surface area contributed by atoms with Crippen LogP contribution in [0.2, 0.25) is 0 Å². The molecule has 0 spiro atoms. The van der Waals surface area contributed by atoms with E-state index in [1.165, 1.54) is 21.7 Å². The lowest BCUT2D eigenvalue weighted by Crippen LogP contribution is -2.35. The van der Waals surface area contributed by atoms with Crippen LogP contribution < -0.4 is 10.0 Å². The number of hydrogen-bond donors (Lipinski definition) is 2. The minimum Gasteiger partial charge on any atom is -0.321 e. The Morgan fingerprint density at radius 3 is 2.45 bits per heavy atom.